The van der Waals surface area contributed by atoms with Crippen LogP contribution in [-0.2, 0) is 14.3 Å². The molecule has 1 rings (SSSR count). The van der Waals surface area contributed by atoms with Crippen LogP contribution in [0.3, 0.4) is 0 Å². The third-order valence-electron chi connectivity index (χ3n) is 11.6. The molecule has 0 saturated carbocycles. The molecule has 0 aromatic heterocycles. The van der Waals surface area contributed by atoms with Crippen molar-refractivity contribution in [2.75, 3.05) is 13.2 Å². The second-order valence-electron chi connectivity index (χ2n) is 17.2. The molecule has 0 aromatic carbocycles. The van der Waals surface area contributed by atoms with Crippen molar-refractivity contribution in [3.8, 4) is 0 Å². The van der Waals surface area contributed by atoms with Crippen LogP contribution in [0, 0.1) is 0 Å². The molecule has 358 valence electrons. The highest BCUT2D eigenvalue weighted by molar-refractivity contribution is 5.77. The van der Waals surface area contributed by atoms with E-state index in [9.17, 15) is 30.3 Å². The summed E-state index contributed by atoms with van der Waals surface area (Å²) in [5, 5.41) is 54.2. The van der Waals surface area contributed by atoms with Gasteiger partial charge in [0.2, 0.25) is 5.91 Å². The van der Waals surface area contributed by atoms with Gasteiger partial charge in [0.1, 0.15) is 24.4 Å². The zero-order valence-electron chi connectivity index (χ0n) is 39.4. The van der Waals surface area contributed by atoms with Gasteiger partial charge in [0.15, 0.2) is 6.29 Å². The number of nitrogens with one attached hydrogen (secondary N) is 1. The van der Waals surface area contributed by atoms with E-state index in [2.05, 4.69) is 67.8 Å². The number of ether oxygens (including phenoxy) is 2. The molecule has 9 nitrogen and oxygen atoms in total. The quantitative estimate of drug-likeness (QED) is 0.0263. The van der Waals surface area contributed by atoms with Crippen molar-refractivity contribution in [2.45, 2.75) is 243 Å². The molecular formula is C53H93NO8. The molecule has 7 unspecified atom stereocenters. The first kappa shape index (κ1) is 57.6. The number of carbonyl (C=O) groups excluding carboxylic acids is 1. The minimum Gasteiger partial charge on any atom is -0.394 e. The summed E-state index contributed by atoms with van der Waals surface area (Å²) in [6, 6.07) is -0.863. The van der Waals surface area contributed by atoms with Crippen LogP contribution in [0.2, 0.25) is 0 Å². The summed E-state index contributed by atoms with van der Waals surface area (Å²) < 4.78 is 11.2. The minimum absolute atomic E-state index is 0.111. The lowest BCUT2D eigenvalue weighted by Gasteiger charge is -2.40. The monoisotopic (exact) mass is 872 g/mol. The van der Waals surface area contributed by atoms with Crippen molar-refractivity contribution in [3.05, 3.63) is 72.9 Å². The van der Waals surface area contributed by atoms with Gasteiger partial charge in [0.05, 0.1) is 25.4 Å². The SMILES string of the molecule is CC/C=C\C/C=C\C/C=C\C/C=C\C/C=C\CC(=O)NC(COC1OC(CO)C(O)C(O)C1O)C(O)/C=C/CCCCCCCCCCCCCCCCCCCCCCCC. The number of unbranched alkanes of at least 4 members (excludes halogenated alkanes) is 22. The largest absolute Gasteiger partial charge is 0.394 e. The molecule has 1 fully saturated rings. The van der Waals surface area contributed by atoms with Crippen LogP contribution >= 0.6 is 0 Å². The van der Waals surface area contributed by atoms with Crippen molar-refractivity contribution in [1.82, 2.24) is 5.32 Å². The number of aliphatic hydroxyl groups is 5. The first-order valence-corrected chi connectivity index (χ1v) is 25.2. The van der Waals surface area contributed by atoms with Gasteiger partial charge >= 0.3 is 0 Å². The Hall–Kier alpha value is -2.37. The van der Waals surface area contributed by atoms with Gasteiger partial charge in [0.25, 0.3) is 0 Å². The highest BCUT2D eigenvalue weighted by Crippen LogP contribution is 2.23. The summed E-state index contributed by atoms with van der Waals surface area (Å²) in [5.74, 6) is -0.305. The zero-order chi connectivity index (χ0) is 45.1. The number of carbonyl (C=O) groups is 1. The van der Waals surface area contributed by atoms with E-state index in [1.54, 1.807) is 12.2 Å². The van der Waals surface area contributed by atoms with Crippen LogP contribution in [0.5, 0.6) is 0 Å². The molecule has 6 N–H and O–H groups in total. The van der Waals surface area contributed by atoms with Gasteiger partial charge in [0, 0.05) is 6.42 Å². The predicted octanol–water partition coefficient (Wildman–Crippen LogP) is 11.3. The zero-order valence-corrected chi connectivity index (χ0v) is 39.4. The molecule has 0 radical (unpaired) electrons. The average Bonchev–Trinajstić information content (AvgIpc) is 3.27. The second-order valence-corrected chi connectivity index (χ2v) is 17.2. The fraction of sp³-hybridized carbons (Fsp3) is 0.755. The lowest BCUT2D eigenvalue weighted by atomic mass is 9.99. The van der Waals surface area contributed by atoms with Crippen molar-refractivity contribution in [1.29, 1.82) is 0 Å². The van der Waals surface area contributed by atoms with Crippen LogP contribution in [0.1, 0.15) is 200 Å². The standard InChI is InChI=1S/C53H93NO8/c1-3-5-7-9-11-13-15-17-19-20-21-22-23-24-25-26-27-29-30-32-34-36-38-40-42-47(56)46(45-61-53-52(60)51(59)50(58)48(44-55)62-53)54-49(57)43-41-39-37-35-33-31-28-18-16-14-12-10-8-6-4-2/h6,8,12,14,18,28,33,35,39-42,46-48,50-53,55-56,58-60H,3-5,7,9-11,13,15-17,19-27,29-32,34,36-38,43-45H2,1-2H3,(H,54,57)/b8-6-,14-12-,28-18-,35-33-,41-39-,42-40+. The van der Waals surface area contributed by atoms with Gasteiger partial charge < -0.3 is 40.3 Å². The number of allylic oxidation sites excluding steroid dienone is 10. The molecular weight excluding hydrogens is 779 g/mol. The number of amides is 1. The van der Waals surface area contributed by atoms with E-state index in [0.29, 0.717) is 6.42 Å². The van der Waals surface area contributed by atoms with Crippen molar-refractivity contribution in [2.24, 2.45) is 0 Å². The number of aliphatic hydroxyl groups excluding tert-OH is 5. The topological polar surface area (TPSA) is 149 Å². The minimum atomic E-state index is -1.59. The van der Waals surface area contributed by atoms with Crippen molar-refractivity contribution >= 4 is 5.91 Å². The predicted molar refractivity (Wildman–Crippen MR) is 258 cm³/mol. The van der Waals surface area contributed by atoms with Crippen LogP contribution in [0.25, 0.3) is 0 Å². The fourth-order valence-electron chi connectivity index (χ4n) is 7.58. The maximum Gasteiger partial charge on any atom is 0.224 e. The van der Waals surface area contributed by atoms with E-state index in [-0.39, 0.29) is 18.9 Å². The Morgan fingerprint density at radius 1 is 0.565 bits per heavy atom. The third-order valence-corrected chi connectivity index (χ3v) is 11.6. The fourth-order valence-corrected chi connectivity index (χ4v) is 7.58. The Balaban J connectivity index is 2.33. The van der Waals surface area contributed by atoms with E-state index >= 15 is 0 Å². The summed E-state index contributed by atoms with van der Waals surface area (Å²) in [7, 11) is 0. The Bertz CT molecular complexity index is 1200. The summed E-state index contributed by atoms with van der Waals surface area (Å²) >= 11 is 0. The molecule has 1 amide bonds. The van der Waals surface area contributed by atoms with Crippen molar-refractivity contribution < 1.29 is 39.8 Å². The first-order valence-electron chi connectivity index (χ1n) is 25.2. The normalized spacial score (nSPS) is 20.9. The number of hydrogen-bond acceptors (Lipinski definition) is 8. The van der Waals surface area contributed by atoms with Gasteiger partial charge in [-0.05, 0) is 44.9 Å². The van der Waals surface area contributed by atoms with E-state index < -0.39 is 49.5 Å². The Kier molecular flexibility index (Phi) is 39.6. The highest BCUT2D eigenvalue weighted by atomic mass is 16.7. The van der Waals surface area contributed by atoms with Crippen LogP contribution in [-0.4, -0.2) is 87.5 Å². The van der Waals surface area contributed by atoms with Gasteiger partial charge in [-0.15, -0.1) is 0 Å². The maximum absolute atomic E-state index is 12.9. The Labute approximate surface area is 378 Å². The molecule has 62 heavy (non-hydrogen) atoms. The molecule has 0 spiro atoms. The summed E-state index contributed by atoms with van der Waals surface area (Å²) in [4.78, 5) is 12.9. The lowest BCUT2D eigenvalue weighted by Crippen LogP contribution is -2.60. The first-order chi connectivity index (χ1) is 30.3. The van der Waals surface area contributed by atoms with Crippen LogP contribution in [0.15, 0.2) is 72.9 Å². The molecule has 1 aliphatic heterocycles. The van der Waals surface area contributed by atoms with Gasteiger partial charge in [-0.2, -0.15) is 0 Å². The van der Waals surface area contributed by atoms with Gasteiger partial charge in [-0.3, -0.25) is 4.79 Å². The van der Waals surface area contributed by atoms with E-state index in [1.807, 2.05) is 12.2 Å². The number of hydrogen-bond donors (Lipinski definition) is 6. The molecule has 1 heterocycles. The molecule has 0 aliphatic carbocycles. The van der Waals surface area contributed by atoms with E-state index in [4.69, 9.17) is 9.47 Å². The van der Waals surface area contributed by atoms with Crippen molar-refractivity contribution in [3.63, 3.8) is 0 Å². The molecule has 1 aliphatic rings. The summed E-state index contributed by atoms with van der Waals surface area (Å²) in [6.45, 7) is 3.60. The van der Waals surface area contributed by atoms with E-state index in [1.165, 1.54) is 128 Å². The number of rotatable bonds is 41. The van der Waals surface area contributed by atoms with Crippen LogP contribution < -0.4 is 5.32 Å². The Morgan fingerprint density at radius 2 is 0.984 bits per heavy atom. The maximum atomic E-state index is 12.9. The van der Waals surface area contributed by atoms with Gasteiger partial charge in [-0.25, -0.2) is 0 Å². The Morgan fingerprint density at radius 3 is 1.42 bits per heavy atom. The summed E-state index contributed by atoms with van der Waals surface area (Å²) in [5.41, 5.74) is 0. The highest BCUT2D eigenvalue weighted by Gasteiger charge is 2.44. The lowest BCUT2D eigenvalue weighted by molar-refractivity contribution is -0.302. The van der Waals surface area contributed by atoms with Crippen LogP contribution in [0.4, 0.5) is 0 Å². The van der Waals surface area contributed by atoms with Gasteiger partial charge in [-0.1, -0.05) is 222 Å². The average molecular weight is 872 g/mol. The molecule has 0 bridgehead atoms. The molecule has 7 atom stereocenters. The third kappa shape index (κ3) is 32.3. The second kappa shape index (κ2) is 42.6. The molecule has 1 saturated heterocycles. The molecule has 0 aromatic rings. The summed E-state index contributed by atoms with van der Waals surface area (Å²) in [6.07, 6.45) is 51.3. The molecule has 9 heteroatoms. The smallest absolute Gasteiger partial charge is 0.224 e. The van der Waals surface area contributed by atoms with E-state index in [0.717, 1.165) is 44.9 Å².